The number of aromatic nitrogens is 2. The molecule has 3 rings (SSSR count). The van der Waals surface area contributed by atoms with Crippen LogP contribution < -0.4 is 5.32 Å². The van der Waals surface area contributed by atoms with Crippen LogP contribution in [0.15, 0.2) is 48.0 Å². The van der Waals surface area contributed by atoms with E-state index in [1.807, 2.05) is 18.7 Å². The maximum atomic E-state index is 4.85. The summed E-state index contributed by atoms with van der Waals surface area (Å²) in [7, 11) is 0. The average Bonchev–Trinajstić information content (AvgIpc) is 3.14. The Bertz CT molecular complexity index is 658. The van der Waals surface area contributed by atoms with Crippen molar-refractivity contribution in [1.82, 2.24) is 19.8 Å². The van der Waals surface area contributed by atoms with E-state index in [0.29, 0.717) is 0 Å². The van der Waals surface area contributed by atoms with Crippen LogP contribution >= 0.6 is 24.0 Å². The van der Waals surface area contributed by atoms with Gasteiger partial charge in [-0.05, 0) is 36.8 Å². The summed E-state index contributed by atoms with van der Waals surface area (Å²) in [4.78, 5) is 11.3. The second-order valence-corrected chi connectivity index (χ2v) is 6.89. The summed E-state index contributed by atoms with van der Waals surface area (Å²) < 4.78 is 2.08. The Kier molecular flexibility index (Phi) is 8.41. The summed E-state index contributed by atoms with van der Waals surface area (Å²) in [6.45, 7) is 9.18. The first-order valence-electron chi connectivity index (χ1n) is 9.31. The van der Waals surface area contributed by atoms with Gasteiger partial charge in [-0.1, -0.05) is 31.2 Å². The van der Waals surface area contributed by atoms with Gasteiger partial charge in [-0.3, -0.25) is 0 Å². The molecule has 0 radical (unpaired) electrons. The molecule has 1 saturated heterocycles. The Morgan fingerprint density at radius 2 is 1.88 bits per heavy atom. The van der Waals surface area contributed by atoms with Gasteiger partial charge in [0.2, 0.25) is 0 Å². The average molecular weight is 467 g/mol. The first-order valence-corrected chi connectivity index (χ1v) is 9.31. The number of hydrogen-bond donors (Lipinski definition) is 1. The minimum absolute atomic E-state index is 0. The molecule has 26 heavy (non-hydrogen) atoms. The highest BCUT2D eigenvalue weighted by molar-refractivity contribution is 14.0. The lowest BCUT2D eigenvalue weighted by atomic mass is 10.00. The van der Waals surface area contributed by atoms with Crippen molar-refractivity contribution in [2.45, 2.75) is 39.8 Å². The molecule has 0 amide bonds. The van der Waals surface area contributed by atoms with Gasteiger partial charge >= 0.3 is 0 Å². The summed E-state index contributed by atoms with van der Waals surface area (Å²) in [5.74, 6) is 1.89. The maximum absolute atomic E-state index is 4.85. The summed E-state index contributed by atoms with van der Waals surface area (Å²) >= 11 is 0. The second kappa shape index (κ2) is 10.5. The first-order chi connectivity index (χ1) is 12.2. The number of aliphatic imine (C=N–C) groups is 1. The van der Waals surface area contributed by atoms with Crippen molar-refractivity contribution in [2.75, 3.05) is 19.6 Å². The highest BCUT2D eigenvalue weighted by Crippen LogP contribution is 2.16. The zero-order valence-corrected chi connectivity index (χ0v) is 18.1. The first kappa shape index (κ1) is 20.7. The van der Waals surface area contributed by atoms with Gasteiger partial charge in [0.15, 0.2) is 5.96 Å². The number of nitrogens with one attached hydrogen (secondary N) is 1. The van der Waals surface area contributed by atoms with Crippen molar-refractivity contribution < 1.29 is 0 Å². The number of halogens is 1. The molecular weight excluding hydrogens is 437 g/mol. The van der Waals surface area contributed by atoms with Crippen LogP contribution in [0.3, 0.4) is 0 Å². The second-order valence-electron chi connectivity index (χ2n) is 6.89. The summed E-state index contributed by atoms with van der Waals surface area (Å²) in [6, 6.07) is 8.72. The van der Waals surface area contributed by atoms with Crippen LogP contribution in [0.4, 0.5) is 0 Å². The van der Waals surface area contributed by atoms with Crippen LogP contribution in [0.1, 0.15) is 37.8 Å². The van der Waals surface area contributed by atoms with E-state index in [1.54, 1.807) is 0 Å². The molecule has 1 fully saturated rings. The maximum Gasteiger partial charge on any atom is 0.194 e. The number of nitrogens with zero attached hydrogens (tertiary/aromatic N) is 4. The molecule has 6 heteroatoms. The van der Waals surface area contributed by atoms with Crippen LogP contribution in [-0.4, -0.2) is 40.0 Å². The molecule has 5 nitrogen and oxygen atoms in total. The fourth-order valence-corrected chi connectivity index (χ4v) is 3.15. The van der Waals surface area contributed by atoms with E-state index < -0.39 is 0 Å². The van der Waals surface area contributed by atoms with Gasteiger partial charge < -0.3 is 14.8 Å². The van der Waals surface area contributed by atoms with Gasteiger partial charge in [-0.25, -0.2) is 9.98 Å². The Morgan fingerprint density at radius 3 is 2.50 bits per heavy atom. The number of likely N-dealkylation sites (tertiary alicyclic amines) is 1. The van der Waals surface area contributed by atoms with Crippen LogP contribution in [-0.2, 0) is 13.1 Å². The molecule has 0 bridgehead atoms. The van der Waals surface area contributed by atoms with E-state index in [0.717, 1.165) is 44.6 Å². The molecule has 142 valence electrons. The summed E-state index contributed by atoms with van der Waals surface area (Å²) in [6.07, 6.45) is 8.16. The Morgan fingerprint density at radius 1 is 1.19 bits per heavy atom. The Balaban J connectivity index is 0.00000243. The van der Waals surface area contributed by atoms with Crippen molar-refractivity contribution in [3.8, 4) is 0 Å². The standard InChI is InChI=1S/C20H29N5.HI/c1-3-22-20(25-11-8-17(2)9-12-25)23-14-18-4-6-19(7-5-18)15-24-13-10-21-16-24;/h4-7,10,13,16-17H,3,8-9,11-12,14-15H2,1-2H3,(H,22,23);1H. The molecule has 0 spiro atoms. The van der Waals surface area contributed by atoms with Gasteiger partial charge in [0.05, 0.1) is 12.9 Å². The number of piperidine rings is 1. The molecule has 2 aromatic rings. The fourth-order valence-electron chi connectivity index (χ4n) is 3.15. The smallest absolute Gasteiger partial charge is 0.194 e. The zero-order chi connectivity index (χ0) is 17.5. The minimum Gasteiger partial charge on any atom is -0.357 e. The van der Waals surface area contributed by atoms with Crippen molar-refractivity contribution in [2.24, 2.45) is 10.9 Å². The van der Waals surface area contributed by atoms with Gasteiger partial charge in [-0.15, -0.1) is 24.0 Å². The number of hydrogen-bond acceptors (Lipinski definition) is 2. The number of benzene rings is 1. The molecule has 1 aliphatic rings. The lowest BCUT2D eigenvalue weighted by Crippen LogP contribution is -2.45. The van der Waals surface area contributed by atoms with Crippen LogP contribution in [0.2, 0.25) is 0 Å². The van der Waals surface area contributed by atoms with Crippen LogP contribution in [0, 0.1) is 5.92 Å². The third-order valence-electron chi connectivity index (χ3n) is 4.78. The number of imidazole rings is 1. The monoisotopic (exact) mass is 467 g/mol. The molecule has 2 heterocycles. The Hall–Kier alpha value is -1.57. The molecular formula is C20H30IN5. The number of guanidine groups is 1. The lowest BCUT2D eigenvalue weighted by molar-refractivity contribution is 0.273. The summed E-state index contributed by atoms with van der Waals surface area (Å²) in [5.41, 5.74) is 2.53. The normalized spacial score (nSPS) is 15.6. The highest BCUT2D eigenvalue weighted by Gasteiger charge is 2.18. The Labute approximate surface area is 173 Å². The van der Waals surface area contributed by atoms with Crippen molar-refractivity contribution in [3.63, 3.8) is 0 Å². The fraction of sp³-hybridized carbons (Fsp3) is 0.500. The predicted molar refractivity (Wildman–Crippen MR) is 118 cm³/mol. The third-order valence-corrected chi connectivity index (χ3v) is 4.78. The third kappa shape index (κ3) is 6.00. The molecule has 1 aliphatic heterocycles. The van der Waals surface area contributed by atoms with E-state index in [2.05, 4.69) is 57.9 Å². The van der Waals surface area contributed by atoms with Crippen molar-refractivity contribution >= 4 is 29.9 Å². The van der Waals surface area contributed by atoms with Gasteiger partial charge in [0.1, 0.15) is 0 Å². The molecule has 0 saturated carbocycles. The molecule has 0 atom stereocenters. The summed E-state index contributed by atoms with van der Waals surface area (Å²) in [5, 5.41) is 3.44. The van der Waals surface area contributed by atoms with E-state index in [9.17, 15) is 0 Å². The quantitative estimate of drug-likeness (QED) is 0.414. The van der Waals surface area contributed by atoms with E-state index in [1.165, 1.54) is 24.0 Å². The van der Waals surface area contributed by atoms with E-state index in [-0.39, 0.29) is 24.0 Å². The molecule has 1 aromatic heterocycles. The van der Waals surface area contributed by atoms with E-state index >= 15 is 0 Å². The molecule has 0 aliphatic carbocycles. The zero-order valence-electron chi connectivity index (χ0n) is 15.8. The topological polar surface area (TPSA) is 45.5 Å². The minimum atomic E-state index is 0. The predicted octanol–water partition coefficient (Wildman–Crippen LogP) is 3.75. The van der Waals surface area contributed by atoms with Crippen LogP contribution in [0.5, 0.6) is 0 Å². The van der Waals surface area contributed by atoms with Gasteiger partial charge in [0, 0.05) is 38.6 Å². The lowest BCUT2D eigenvalue weighted by Gasteiger charge is -2.33. The molecule has 1 aromatic carbocycles. The van der Waals surface area contributed by atoms with Crippen LogP contribution in [0.25, 0.3) is 0 Å². The van der Waals surface area contributed by atoms with Crippen molar-refractivity contribution in [1.29, 1.82) is 0 Å². The van der Waals surface area contributed by atoms with Gasteiger partial charge in [0.25, 0.3) is 0 Å². The molecule has 0 unspecified atom stereocenters. The van der Waals surface area contributed by atoms with Gasteiger partial charge in [-0.2, -0.15) is 0 Å². The SMILES string of the molecule is CCNC(=NCc1ccc(Cn2ccnc2)cc1)N1CCC(C)CC1.I. The number of rotatable bonds is 5. The van der Waals surface area contributed by atoms with E-state index in [4.69, 9.17) is 4.99 Å². The van der Waals surface area contributed by atoms with Crippen molar-refractivity contribution in [3.05, 3.63) is 54.1 Å². The highest BCUT2D eigenvalue weighted by atomic mass is 127. The largest absolute Gasteiger partial charge is 0.357 e. The molecule has 1 N–H and O–H groups in total.